The fourth-order valence-corrected chi connectivity index (χ4v) is 4.61. The Morgan fingerprint density at radius 3 is 1.89 bits per heavy atom. The van der Waals surface area contributed by atoms with Crippen LogP contribution in [0.5, 0.6) is 0 Å². The molecule has 6 aromatic rings. The summed E-state index contributed by atoms with van der Waals surface area (Å²) in [6.07, 6.45) is 0. The summed E-state index contributed by atoms with van der Waals surface area (Å²) in [4.78, 5) is 0. The van der Waals surface area contributed by atoms with Crippen LogP contribution in [0.3, 0.4) is 0 Å². The molecule has 0 spiro atoms. The molecule has 4 aromatic carbocycles. The first-order valence-corrected chi connectivity index (χ1v) is 9.70. The zero-order valence-electron chi connectivity index (χ0n) is 14.3. The molecule has 2 aromatic heterocycles. The van der Waals surface area contributed by atoms with Crippen LogP contribution in [0, 0.1) is 0 Å². The van der Waals surface area contributed by atoms with Gasteiger partial charge in [-0.25, -0.2) is 0 Å². The van der Waals surface area contributed by atoms with E-state index in [9.17, 15) is 0 Å². The Kier molecular flexibility index (Phi) is 3.06. The highest BCUT2D eigenvalue weighted by Crippen LogP contribution is 2.38. The van der Waals surface area contributed by atoms with E-state index in [2.05, 4.69) is 87.2 Å². The maximum atomic E-state index is 6.14. The first kappa shape index (κ1) is 15.1. The summed E-state index contributed by atoms with van der Waals surface area (Å²) in [6.45, 7) is 0. The number of hydrogen-bond acceptors (Lipinski definition) is 1. The van der Waals surface area contributed by atoms with Gasteiger partial charge in [0.25, 0.3) is 0 Å². The van der Waals surface area contributed by atoms with Gasteiger partial charge in [0.05, 0.1) is 16.7 Å². The van der Waals surface area contributed by atoms with Crippen LogP contribution >= 0.6 is 15.9 Å². The Labute approximate surface area is 163 Å². The smallest absolute Gasteiger partial charge is 0.137 e. The Bertz CT molecular complexity index is 1440. The van der Waals surface area contributed by atoms with Gasteiger partial charge in [0.1, 0.15) is 11.2 Å². The van der Waals surface area contributed by atoms with Gasteiger partial charge in [0, 0.05) is 32.1 Å². The van der Waals surface area contributed by atoms with E-state index in [0.29, 0.717) is 0 Å². The summed E-state index contributed by atoms with van der Waals surface area (Å²) < 4.78 is 9.49. The molecule has 0 saturated heterocycles. The lowest BCUT2D eigenvalue weighted by atomic mass is 10.1. The minimum atomic E-state index is 0.899. The molecular weight excluding hydrogens is 398 g/mol. The molecule has 0 aliphatic heterocycles. The highest BCUT2D eigenvalue weighted by atomic mass is 79.9. The Balaban J connectivity index is 1.77. The predicted molar refractivity (Wildman–Crippen MR) is 116 cm³/mol. The molecule has 2 nitrogen and oxygen atoms in total. The lowest BCUT2D eigenvalue weighted by molar-refractivity contribution is 0.668. The van der Waals surface area contributed by atoms with Gasteiger partial charge < -0.3 is 8.98 Å². The number of benzene rings is 4. The first-order chi connectivity index (χ1) is 13.3. The van der Waals surface area contributed by atoms with E-state index in [0.717, 1.165) is 32.1 Å². The standard InChI is InChI=1S/C24H14BrNO/c25-19-13-18-17-9-3-6-12-23(17)27-24(18)14-22(19)26-20-10-4-1-7-15(20)16-8-2-5-11-21(16)26/h1-14H. The minimum absolute atomic E-state index is 0.899. The lowest BCUT2D eigenvalue weighted by Crippen LogP contribution is -1.95. The normalized spacial score (nSPS) is 11.9. The molecule has 0 unspecified atom stereocenters. The van der Waals surface area contributed by atoms with Crippen LogP contribution in [0.4, 0.5) is 0 Å². The van der Waals surface area contributed by atoms with Crippen molar-refractivity contribution in [2.24, 2.45) is 0 Å². The van der Waals surface area contributed by atoms with E-state index in [1.54, 1.807) is 0 Å². The number of aromatic nitrogens is 1. The molecule has 0 bridgehead atoms. The molecule has 0 atom stereocenters. The molecule has 128 valence electrons. The average Bonchev–Trinajstić information content (AvgIpc) is 3.23. The third-order valence-electron chi connectivity index (χ3n) is 5.27. The van der Waals surface area contributed by atoms with Gasteiger partial charge in [-0.3, -0.25) is 0 Å². The molecule has 3 heteroatoms. The monoisotopic (exact) mass is 411 g/mol. The summed E-state index contributed by atoms with van der Waals surface area (Å²) in [7, 11) is 0. The van der Waals surface area contributed by atoms with Crippen molar-refractivity contribution >= 4 is 59.7 Å². The van der Waals surface area contributed by atoms with E-state index in [-0.39, 0.29) is 0 Å². The Hall–Kier alpha value is -3.04. The summed E-state index contributed by atoms with van der Waals surface area (Å²) >= 11 is 3.82. The minimum Gasteiger partial charge on any atom is -0.456 e. The molecule has 0 fully saturated rings. The third kappa shape index (κ3) is 2.06. The Morgan fingerprint density at radius 1 is 0.593 bits per heavy atom. The maximum absolute atomic E-state index is 6.14. The number of nitrogens with zero attached hydrogens (tertiary/aromatic N) is 1. The molecule has 0 radical (unpaired) electrons. The van der Waals surface area contributed by atoms with E-state index >= 15 is 0 Å². The lowest BCUT2D eigenvalue weighted by Gasteiger charge is -2.10. The van der Waals surface area contributed by atoms with E-state index in [1.165, 1.54) is 21.8 Å². The van der Waals surface area contributed by atoms with E-state index in [4.69, 9.17) is 4.42 Å². The van der Waals surface area contributed by atoms with Crippen LogP contribution in [0.15, 0.2) is 93.8 Å². The molecule has 0 amide bonds. The second-order valence-electron chi connectivity index (χ2n) is 6.77. The van der Waals surface area contributed by atoms with Gasteiger partial charge in [0.2, 0.25) is 0 Å². The van der Waals surface area contributed by atoms with Crippen molar-refractivity contribution in [2.75, 3.05) is 0 Å². The average molecular weight is 412 g/mol. The number of rotatable bonds is 1. The van der Waals surface area contributed by atoms with Gasteiger partial charge in [-0.05, 0) is 40.2 Å². The Morgan fingerprint density at radius 2 is 1.19 bits per heavy atom. The number of halogens is 1. The maximum Gasteiger partial charge on any atom is 0.137 e. The van der Waals surface area contributed by atoms with Gasteiger partial charge in [0.15, 0.2) is 0 Å². The summed E-state index contributed by atoms with van der Waals surface area (Å²) in [5.74, 6) is 0. The van der Waals surface area contributed by atoms with Gasteiger partial charge in [-0.2, -0.15) is 0 Å². The van der Waals surface area contributed by atoms with Crippen LogP contribution in [0.1, 0.15) is 0 Å². The second-order valence-corrected chi connectivity index (χ2v) is 7.62. The van der Waals surface area contributed by atoms with Gasteiger partial charge in [-0.15, -0.1) is 0 Å². The van der Waals surface area contributed by atoms with Gasteiger partial charge >= 0.3 is 0 Å². The molecule has 27 heavy (non-hydrogen) atoms. The van der Waals surface area contributed by atoms with E-state index < -0.39 is 0 Å². The topological polar surface area (TPSA) is 18.1 Å². The molecule has 6 rings (SSSR count). The zero-order valence-corrected chi connectivity index (χ0v) is 15.9. The fourth-order valence-electron chi connectivity index (χ4n) is 4.09. The molecule has 0 saturated carbocycles. The number of hydrogen-bond donors (Lipinski definition) is 0. The molecule has 2 heterocycles. The van der Waals surface area contributed by atoms with Crippen LogP contribution in [0.2, 0.25) is 0 Å². The zero-order chi connectivity index (χ0) is 18.0. The quantitative estimate of drug-likeness (QED) is 0.274. The van der Waals surface area contributed by atoms with Crippen molar-refractivity contribution in [3.8, 4) is 5.69 Å². The van der Waals surface area contributed by atoms with Crippen LogP contribution in [-0.2, 0) is 0 Å². The number of para-hydroxylation sites is 3. The molecule has 0 aliphatic carbocycles. The van der Waals surface area contributed by atoms with Crippen molar-refractivity contribution in [3.05, 3.63) is 89.4 Å². The predicted octanol–water partition coefficient (Wildman–Crippen LogP) is 7.45. The first-order valence-electron chi connectivity index (χ1n) is 8.90. The third-order valence-corrected chi connectivity index (χ3v) is 5.90. The summed E-state index contributed by atoms with van der Waals surface area (Å²) in [5, 5.41) is 4.78. The number of fused-ring (bicyclic) bond motifs is 6. The van der Waals surface area contributed by atoms with Crippen molar-refractivity contribution in [1.82, 2.24) is 4.57 Å². The number of furan rings is 1. The highest BCUT2D eigenvalue weighted by molar-refractivity contribution is 9.10. The van der Waals surface area contributed by atoms with Crippen molar-refractivity contribution in [1.29, 1.82) is 0 Å². The summed E-state index contributed by atoms with van der Waals surface area (Å²) in [5.41, 5.74) is 5.28. The highest BCUT2D eigenvalue weighted by Gasteiger charge is 2.16. The fraction of sp³-hybridized carbons (Fsp3) is 0. The van der Waals surface area contributed by atoms with Gasteiger partial charge in [-0.1, -0.05) is 54.6 Å². The second kappa shape index (κ2) is 5.48. The van der Waals surface area contributed by atoms with E-state index in [1.807, 2.05) is 18.2 Å². The molecule has 0 aliphatic rings. The largest absolute Gasteiger partial charge is 0.456 e. The molecule has 0 N–H and O–H groups in total. The van der Waals surface area contributed by atoms with Crippen molar-refractivity contribution in [2.45, 2.75) is 0 Å². The molecular formula is C24H14BrNO. The SMILES string of the molecule is Brc1cc2c(cc1-n1c3ccccc3c3ccccc31)oc1ccccc12. The van der Waals surface area contributed by atoms with Crippen LogP contribution in [0.25, 0.3) is 49.4 Å². The van der Waals surface area contributed by atoms with Crippen molar-refractivity contribution < 1.29 is 4.42 Å². The van der Waals surface area contributed by atoms with Crippen LogP contribution in [-0.4, -0.2) is 4.57 Å². The van der Waals surface area contributed by atoms with Crippen molar-refractivity contribution in [3.63, 3.8) is 0 Å². The summed E-state index contributed by atoms with van der Waals surface area (Å²) in [6, 6.07) is 29.6. The van der Waals surface area contributed by atoms with Crippen LogP contribution < -0.4 is 0 Å².